The summed E-state index contributed by atoms with van der Waals surface area (Å²) in [6, 6.07) is 0. The highest BCUT2D eigenvalue weighted by Crippen LogP contribution is 2.38. The predicted octanol–water partition coefficient (Wildman–Crippen LogP) is 22.3. The van der Waals surface area contributed by atoms with E-state index in [0.717, 1.165) is 122 Å². The van der Waals surface area contributed by atoms with Crippen molar-refractivity contribution in [1.82, 2.24) is 0 Å². The molecule has 0 bridgehead atoms. The Bertz CT molecular complexity index is 2090. The van der Waals surface area contributed by atoms with Crippen molar-refractivity contribution >= 4 is 19.8 Å². The number of esters is 2. The van der Waals surface area contributed by atoms with Crippen molar-refractivity contribution in [2.75, 3.05) is 47.5 Å². The van der Waals surface area contributed by atoms with Crippen LogP contribution < -0.4 is 4.89 Å². The van der Waals surface area contributed by atoms with Gasteiger partial charge in [0.05, 0.1) is 27.7 Å². The number of likely N-dealkylation sites (N-methyl/N-ethyl adjacent to an activating group) is 1. The molecule has 0 rings (SSSR count). The minimum Gasteiger partial charge on any atom is -0.756 e. The lowest BCUT2D eigenvalue weighted by Crippen LogP contribution is -2.37. The van der Waals surface area contributed by atoms with Gasteiger partial charge >= 0.3 is 11.9 Å². The standard InChI is InChI=1S/C78H128NO8P/c1-6-8-10-12-14-16-18-20-22-24-26-28-30-32-34-36-38-39-41-43-45-47-49-51-53-55-57-59-61-63-65-67-69-71-78(81)87-76(75-86-88(82,83)85-73-72-79(3,4)5)74-84-77(80)70-68-66-64-62-60-58-56-54-52-50-48-46-44-42-40-37-35-33-31-29-27-25-23-21-19-17-15-13-11-9-7-2/h8-11,14-17,20-23,26-29,32,34,38-39,43,45,49,51,55,57,61,63,76H,6-7,12-13,18-19,24-25,30-31,33,35-37,40-42,44,46-48,50,52-54,56,58-60,62,64-75H2,1-5H3/b10-8-,11-9-,16-14-,17-15-,22-20-,23-21-,28-26-,29-27-,34-32-,39-38-,45-43-,51-49-,57-55-,63-61-. The molecule has 0 amide bonds. The maximum Gasteiger partial charge on any atom is 0.306 e. The minimum atomic E-state index is -4.67. The molecule has 2 unspecified atom stereocenters. The zero-order valence-electron chi connectivity index (χ0n) is 56.6. The lowest BCUT2D eigenvalue weighted by molar-refractivity contribution is -0.870. The third-order valence-corrected chi connectivity index (χ3v) is 15.2. The van der Waals surface area contributed by atoms with Crippen LogP contribution in [0.5, 0.6) is 0 Å². The number of allylic oxidation sites excluding steroid dienone is 28. The number of ether oxygens (including phenoxy) is 2. The van der Waals surface area contributed by atoms with Crippen LogP contribution in [0.2, 0.25) is 0 Å². The van der Waals surface area contributed by atoms with Gasteiger partial charge in [0.1, 0.15) is 19.8 Å². The summed E-state index contributed by atoms with van der Waals surface area (Å²) in [4.78, 5) is 38.1. The summed E-state index contributed by atoms with van der Waals surface area (Å²) >= 11 is 0. The van der Waals surface area contributed by atoms with Crippen LogP contribution in [-0.2, 0) is 32.7 Å². The Hall–Kier alpha value is -4.63. The molecule has 0 aromatic carbocycles. The molecule has 10 heteroatoms. The SMILES string of the molecule is CC/C=C\C/C=C\C/C=C\C/C=C\C/C=C\C/C=C\C/C=C\C/C=C\C/C=C\C/C=C\CCCCC(=O)OC(COC(=O)CCCCCCCCCCCCCCCCCCCC/C=C\C/C=C\C/C=C\C/C=C\CC)COP(=O)([O-])OCC[N+](C)(C)C. The Morgan fingerprint density at radius 1 is 0.352 bits per heavy atom. The first-order valence-electron chi connectivity index (χ1n) is 34.8. The summed E-state index contributed by atoms with van der Waals surface area (Å²) in [7, 11) is 1.12. The Balaban J connectivity index is 4.18. The molecule has 0 aromatic rings. The van der Waals surface area contributed by atoms with Crippen molar-refractivity contribution in [2.45, 2.75) is 264 Å². The zero-order valence-corrected chi connectivity index (χ0v) is 57.5. The number of hydrogen-bond acceptors (Lipinski definition) is 8. The molecule has 0 aromatic heterocycles. The van der Waals surface area contributed by atoms with E-state index in [1.807, 2.05) is 21.1 Å². The normalized spacial score (nSPS) is 14.2. The van der Waals surface area contributed by atoms with Crippen LogP contribution in [0.3, 0.4) is 0 Å². The number of nitrogens with zero attached hydrogens (tertiary/aromatic N) is 1. The van der Waals surface area contributed by atoms with E-state index < -0.39 is 32.5 Å². The van der Waals surface area contributed by atoms with Gasteiger partial charge < -0.3 is 27.9 Å². The second-order valence-electron chi connectivity index (χ2n) is 23.8. The van der Waals surface area contributed by atoms with Crippen molar-refractivity contribution in [3.05, 3.63) is 170 Å². The van der Waals surface area contributed by atoms with Crippen LogP contribution in [0, 0.1) is 0 Å². The van der Waals surface area contributed by atoms with Gasteiger partial charge in [-0.1, -0.05) is 287 Å². The fourth-order valence-corrected chi connectivity index (χ4v) is 9.70. The number of phosphoric ester groups is 1. The highest BCUT2D eigenvalue weighted by molar-refractivity contribution is 7.45. The number of hydrogen-bond donors (Lipinski definition) is 0. The molecular formula is C78H128NO8P. The van der Waals surface area contributed by atoms with Gasteiger partial charge in [-0.15, -0.1) is 0 Å². The summed E-state index contributed by atoms with van der Waals surface area (Å²) in [6.45, 7) is 3.96. The van der Waals surface area contributed by atoms with Crippen LogP contribution in [0.25, 0.3) is 0 Å². The number of carbonyl (C=O) groups excluding carboxylic acids is 2. The maximum atomic E-state index is 12.8. The van der Waals surface area contributed by atoms with E-state index >= 15 is 0 Å². The van der Waals surface area contributed by atoms with E-state index in [1.54, 1.807) is 0 Å². The molecule has 0 saturated carbocycles. The number of quaternary nitrogens is 1. The number of carbonyl (C=O) groups is 2. The van der Waals surface area contributed by atoms with Crippen LogP contribution in [0.1, 0.15) is 258 Å². The van der Waals surface area contributed by atoms with Crippen LogP contribution in [-0.4, -0.2) is 70.0 Å². The third-order valence-electron chi connectivity index (χ3n) is 14.2. The topological polar surface area (TPSA) is 111 Å². The zero-order chi connectivity index (χ0) is 64.1. The van der Waals surface area contributed by atoms with E-state index in [9.17, 15) is 19.0 Å². The molecule has 0 spiro atoms. The first kappa shape index (κ1) is 83.4. The molecule has 0 aliphatic carbocycles. The van der Waals surface area contributed by atoms with Gasteiger partial charge in [0.15, 0.2) is 6.10 Å². The molecule has 88 heavy (non-hydrogen) atoms. The van der Waals surface area contributed by atoms with Gasteiger partial charge in [0.25, 0.3) is 7.82 Å². The monoisotopic (exact) mass is 1240 g/mol. The second kappa shape index (κ2) is 66.8. The average molecular weight is 1240 g/mol. The smallest absolute Gasteiger partial charge is 0.306 e. The fraction of sp³-hybridized carbons (Fsp3) is 0.615. The van der Waals surface area contributed by atoms with Gasteiger partial charge in [0, 0.05) is 12.8 Å². The molecule has 0 fully saturated rings. The van der Waals surface area contributed by atoms with Crippen molar-refractivity contribution < 1.29 is 42.1 Å². The van der Waals surface area contributed by atoms with Gasteiger partial charge in [-0.2, -0.15) is 0 Å². The van der Waals surface area contributed by atoms with Gasteiger partial charge in [-0.3, -0.25) is 14.2 Å². The van der Waals surface area contributed by atoms with Crippen molar-refractivity contribution in [1.29, 1.82) is 0 Å². The van der Waals surface area contributed by atoms with Gasteiger partial charge in [0.2, 0.25) is 0 Å². The van der Waals surface area contributed by atoms with Crippen LogP contribution >= 0.6 is 7.82 Å². The molecule has 0 saturated heterocycles. The summed E-state index contributed by atoms with van der Waals surface area (Å²) < 4.78 is 34.2. The molecule has 0 aliphatic heterocycles. The number of rotatable bonds is 62. The summed E-state index contributed by atoms with van der Waals surface area (Å²) in [6.07, 6.45) is 101. The first-order valence-corrected chi connectivity index (χ1v) is 36.3. The molecule has 9 nitrogen and oxygen atoms in total. The molecule has 2 atom stereocenters. The first-order chi connectivity index (χ1) is 43.0. The summed E-state index contributed by atoms with van der Waals surface area (Å²) in [5.41, 5.74) is 0. The van der Waals surface area contributed by atoms with Gasteiger partial charge in [-0.25, -0.2) is 0 Å². The quantitative estimate of drug-likeness (QED) is 0.0195. The average Bonchev–Trinajstić information content (AvgIpc) is 3.56. The second-order valence-corrected chi connectivity index (χ2v) is 25.2. The van der Waals surface area contributed by atoms with Gasteiger partial charge in [-0.05, 0) is 128 Å². The Morgan fingerprint density at radius 3 is 0.932 bits per heavy atom. The molecule has 0 N–H and O–H groups in total. The van der Waals surface area contributed by atoms with E-state index in [1.165, 1.54) is 103 Å². The Kier molecular flexibility index (Phi) is 63.3. The van der Waals surface area contributed by atoms with E-state index in [4.69, 9.17) is 18.5 Å². The van der Waals surface area contributed by atoms with E-state index in [0.29, 0.717) is 17.4 Å². The van der Waals surface area contributed by atoms with Crippen LogP contribution in [0.4, 0.5) is 0 Å². The molecule has 0 radical (unpaired) electrons. The van der Waals surface area contributed by atoms with Crippen molar-refractivity contribution in [2.24, 2.45) is 0 Å². The predicted molar refractivity (Wildman–Crippen MR) is 378 cm³/mol. The van der Waals surface area contributed by atoms with E-state index in [-0.39, 0.29) is 26.1 Å². The lowest BCUT2D eigenvalue weighted by Gasteiger charge is -2.28. The van der Waals surface area contributed by atoms with Crippen molar-refractivity contribution in [3.63, 3.8) is 0 Å². The fourth-order valence-electron chi connectivity index (χ4n) is 8.97. The Labute approximate surface area is 540 Å². The molecule has 0 heterocycles. The van der Waals surface area contributed by atoms with Crippen LogP contribution in [0.15, 0.2) is 170 Å². The third kappa shape index (κ3) is 70.5. The Morgan fingerprint density at radius 2 is 0.614 bits per heavy atom. The number of unbranched alkanes of at least 4 members (excludes halogenated alkanes) is 20. The summed E-state index contributed by atoms with van der Waals surface area (Å²) in [5, 5.41) is 0. The van der Waals surface area contributed by atoms with E-state index in [2.05, 4.69) is 184 Å². The highest BCUT2D eigenvalue weighted by atomic mass is 31.2. The minimum absolute atomic E-state index is 0.0478. The molecular weight excluding hydrogens is 1110 g/mol. The highest BCUT2D eigenvalue weighted by Gasteiger charge is 2.22. The van der Waals surface area contributed by atoms with Crippen molar-refractivity contribution in [3.8, 4) is 0 Å². The number of phosphoric acid groups is 1. The lowest BCUT2D eigenvalue weighted by atomic mass is 10.0. The largest absolute Gasteiger partial charge is 0.756 e. The molecule has 0 aliphatic rings. The summed E-state index contributed by atoms with van der Waals surface area (Å²) in [5.74, 6) is -0.891. The maximum absolute atomic E-state index is 12.8. The molecule has 498 valence electrons.